The predicted octanol–water partition coefficient (Wildman–Crippen LogP) is 4.07. The third-order valence-corrected chi connectivity index (χ3v) is 8.28. The molecule has 0 bridgehead atoms. The second-order valence-electron chi connectivity index (χ2n) is 8.48. The Morgan fingerprint density at radius 1 is 0.943 bits per heavy atom. The molecule has 1 saturated heterocycles. The number of carbonyl (C=O) groups is 1. The smallest absolute Gasteiger partial charge is 0.335 e. The Morgan fingerprint density at radius 3 is 2.20 bits per heavy atom. The maximum Gasteiger partial charge on any atom is 0.335 e. The molecule has 7 nitrogen and oxygen atoms in total. The summed E-state index contributed by atoms with van der Waals surface area (Å²) in [5.41, 5.74) is 0.523. The summed E-state index contributed by atoms with van der Waals surface area (Å²) in [6.07, 6.45) is 0.0851. The highest BCUT2D eigenvalue weighted by molar-refractivity contribution is 7.89. The van der Waals surface area contributed by atoms with Crippen molar-refractivity contribution >= 4 is 16.0 Å². The quantitative estimate of drug-likeness (QED) is 0.484. The van der Waals surface area contributed by atoms with Crippen molar-refractivity contribution in [1.29, 1.82) is 0 Å². The molecular formula is C27H25NO6S. The zero-order chi connectivity index (χ0) is 24.6. The van der Waals surface area contributed by atoms with E-state index < -0.39 is 33.9 Å². The third-order valence-electron chi connectivity index (χ3n) is 6.36. The van der Waals surface area contributed by atoms with E-state index in [0.29, 0.717) is 5.56 Å². The second-order valence-corrected chi connectivity index (χ2v) is 10.3. The summed E-state index contributed by atoms with van der Waals surface area (Å²) >= 11 is 0. The molecule has 2 aliphatic rings. The molecule has 2 heterocycles. The summed E-state index contributed by atoms with van der Waals surface area (Å²) in [5, 5.41) is 0. The largest absolute Gasteiger partial charge is 0.497 e. The van der Waals surface area contributed by atoms with Crippen molar-refractivity contribution in [2.24, 2.45) is 0 Å². The number of ether oxygens (including phenoxy) is 3. The number of sulfonamides is 1. The maximum absolute atomic E-state index is 14.4. The van der Waals surface area contributed by atoms with E-state index in [0.717, 1.165) is 11.1 Å². The zero-order valence-electron chi connectivity index (χ0n) is 19.3. The minimum atomic E-state index is -4.16. The summed E-state index contributed by atoms with van der Waals surface area (Å²) in [6.45, 7) is 1.94. The van der Waals surface area contributed by atoms with Crippen molar-refractivity contribution in [1.82, 2.24) is 4.31 Å². The first-order valence-corrected chi connectivity index (χ1v) is 12.6. The van der Waals surface area contributed by atoms with Gasteiger partial charge < -0.3 is 14.2 Å². The standard InChI is InChI=1S/C27H25NO6S/c1-19-13-15-22(16-14-19)35(30,31)28-23(20-9-5-3-6-10-20)18-33-27(28,21-11-7-4-8-12-21)26-24(32-2)17-25(29)34-26/h3-17,23,26H,18H2,1-2H3/t23-,26-,27-/m0/s1. The van der Waals surface area contributed by atoms with Crippen LogP contribution in [0.1, 0.15) is 22.7 Å². The van der Waals surface area contributed by atoms with Gasteiger partial charge in [0.05, 0.1) is 30.7 Å². The zero-order valence-corrected chi connectivity index (χ0v) is 20.1. The molecule has 0 amide bonds. The van der Waals surface area contributed by atoms with E-state index in [1.807, 2.05) is 43.3 Å². The van der Waals surface area contributed by atoms with Gasteiger partial charge in [0.2, 0.25) is 21.9 Å². The van der Waals surface area contributed by atoms with Crippen LogP contribution in [0.25, 0.3) is 0 Å². The van der Waals surface area contributed by atoms with Crippen molar-refractivity contribution < 1.29 is 27.4 Å². The summed E-state index contributed by atoms with van der Waals surface area (Å²) in [6, 6.07) is 24.2. The van der Waals surface area contributed by atoms with Crippen LogP contribution in [0.2, 0.25) is 0 Å². The molecule has 0 N–H and O–H groups in total. The summed E-state index contributed by atoms with van der Waals surface area (Å²) < 4.78 is 47.8. The lowest BCUT2D eigenvalue weighted by Crippen LogP contribution is -2.55. The molecule has 35 heavy (non-hydrogen) atoms. The van der Waals surface area contributed by atoms with Gasteiger partial charge in [-0.1, -0.05) is 78.4 Å². The van der Waals surface area contributed by atoms with Gasteiger partial charge in [0, 0.05) is 5.56 Å². The molecule has 2 aliphatic heterocycles. The van der Waals surface area contributed by atoms with Gasteiger partial charge in [-0.3, -0.25) is 0 Å². The first kappa shape index (κ1) is 23.3. The highest BCUT2D eigenvalue weighted by Crippen LogP contribution is 2.52. The third kappa shape index (κ3) is 3.83. The van der Waals surface area contributed by atoms with Gasteiger partial charge in [-0.25, -0.2) is 13.2 Å². The number of methoxy groups -OCH3 is 1. The topological polar surface area (TPSA) is 82.1 Å². The number of hydrogen-bond donors (Lipinski definition) is 0. The van der Waals surface area contributed by atoms with E-state index in [2.05, 4.69) is 0 Å². The van der Waals surface area contributed by atoms with E-state index in [1.54, 1.807) is 48.5 Å². The molecule has 0 saturated carbocycles. The Kier molecular flexibility index (Phi) is 5.96. The van der Waals surface area contributed by atoms with Crippen molar-refractivity contribution in [2.45, 2.75) is 29.7 Å². The Labute approximate surface area is 204 Å². The Hall–Kier alpha value is -3.46. The number of cyclic esters (lactones) is 1. The SMILES string of the molecule is COC1=CC(=O)O[C@@H]1[C@]1(c2ccccc2)OC[C@@H](c2ccccc2)N1S(=O)(=O)c1ccc(C)cc1. The van der Waals surface area contributed by atoms with Crippen molar-refractivity contribution in [3.63, 3.8) is 0 Å². The molecule has 3 aromatic rings. The number of hydrogen-bond acceptors (Lipinski definition) is 6. The number of esters is 1. The van der Waals surface area contributed by atoms with Crippen LogP contribution in [0, 0.1) is 6.92 Å². The Balaban J connectivity index is 1.79. The van der Waals surface area contributed by atoms with Crippen LogP contribution in [-0.2, 0) is 34.8 Å². The molecule has 5 rings (SSSR count). The number of carbonyl (C=O) groups excluding carboxylic acids is 1. The first-order chi connectivity index (χ1) is 16.9. The average Bonchev–Trinajstić information content (AvgIpc) is 3.47. The van der Waals surface area contributed by atoms with Crippen LogP contribution >= 0.6 is 0 Å². The molecule has 3 aromatic carbocycles. The molecule has 0 spiro atoms. The van der Waals surface area contributed by atoms with Gasteiger partial charge in [-0.15, -0.1) is 4.31 Å². The molecule has 1 fully saturated rings. The van der Waals surface area contributed by atoms with Gasteiger partial charge in [-0.05, 0) is 24.6 Å². The second kappa shape index (κ2) is 8.96. The fourth-order valence-corrected chi connectivity index (χ4v) is 6.55. The van der Waals surface area contributed by atoms with Gasteiger partial charge >= 0.3 is 5.97 Å². The van der Waals surface area contributed by atoms with Crippen LogP contribution in [0.4, 0.5) is 0 Å². The minimum Gasteiger partial charge on any atom is -0.497 e. The van der Waals surface area contributed by atoms with Crippen LogP contribution in [-0.4, -0.2) is 38.5 Å². The Morgan fingerprint density at radius 2 is 1.57 bits per heavy atom. The van der Waals surface area contributed by atoms with Gasteiger partial charge in [0.1, 0.15) is 5.76 Å². The summed E-state index contributed by atoms with van der Waals surface area (Å²) in [7, 11) is -2.74. The highest BCUT2D eigenvalue weighted by Gasteiger charge is 2.63. The summed E-state index contributed by atoms with van der Waals surface area (Å²) in [4.78, 5) is 12.5. The van der Waals surface area contributed by atoms with E-state index in [-0.39, 0.29) is 17.3 Å². The fraction of sp³-hybridized carbons (Fsp3) is 0.222. The van der Waals surface area contributed by atoms with E-state index >= 15 is 0 Å². The molecule has 0 aliphatic carbocycles. The normalized spacial score (nSPS) is 24.7. The predicted molar refractivity (Wildman–Crippen MR) is 128 cm³/mol. The molecule has 8 heteroatoms. The van der Waals surface area contributed by atoms with Crippen LogP contribution in [0.15, 0.2) is 102 Å². The molecular weight excluding hydrogens is 466 g/mol. The minimum absolute atomic E-state index is 0.0506. The van der Waals surface area contributed by atoms with Crippen molar-refractivity contribution in [3.8, 4) is 0 Å². The maximum atomic E-state index is 14.4. The van der Waals surface area contributed by atoms with Gasteiger partial charge in [0.25, 0.3) is 0 Å². The van der Waals surface area contributed by atoms with Crippen LogP contribution < -0.4 is 0 Å². The van der Waals surface area contributed by atoms with Gasteiger partial charge in [-0.2, -0.15) is 0 Å². The first-order valence-electron chi connectivity index (χ1n) is 11.2. The lowest BCUT2D eigenvalue weighted by molar-refractivity contribution is -0.171. The van der Waals surface area contributed by atoms with Crippen molar-refractivity contribution in [3.05, 3.63) is 113 Å². The van der Waals surface area contributed by atoms with Gasteiger partial charge in [0.15, 0.2) is 0 Å². The van der Waals surface area contributed by atoms with Crippen LogP contribution in [0.3, 0.4) is 0 Å². The number of nitrogens with zero attached hydrogens (tertiary/aromatic N) is 1. The van der Waals surface area contributed by atoms with E-state index in [1.165, 1.54) is 17.5 Å². The fourth-order valence-electron chi connectivity index (χ4n) is 4.71. The number of benzene rings is 3. The molecule has 0 radical (unpaired) electrons. The molecule has 0 aromatic heterocycles. The summed E-state index contributed by atoms with van der Waals surface area (Å²) in [5.74, 6) is -0.432. The highest BCUT2D eigenvalue weighted by atomic mass is 32.2. The number of rotatable bonds is 6. The van der Waals surface area contributed by atoms with Crippen LogP contribution in [0.5, 0.6) is 0 Å². The average molecular weight is 492 g/mol. The number of aryl methyl sites for hydroxylation is 1. The molecule has 180 valence electrons. The lowest BCUT2D eigenvalue weighted by Gasteiger charge is -2.41. The molecule has 3 atom stereocenters. The van der Waals surface area contributed by atoms with E-state index in [9.17, 15) is 13.2 Å². The molecule has 0 unspecified atom stereocenters. The van der Waals surface area contributed by atoms with Crippen molar-refractivity contribution in [2.75, 3.05) is 13.7 Å². The Bertz CT molecular complexity index is 1360. The van der Waals surface area contributed by atoms with E-state index in [4.69, 9.17) is 14.2 Å². The monoisotopic (exact) mass is 491 g/mol. The lowest BCUT2D eigenvalue weighted by atomic mass is 9.95.